The molecule has 2 aromatic rings. The minimum atomic E-state index is -4.56. The molecule has 0 spiro atoms. The van der Waals surface area contributed by atoms with Crippen LogP contribution in [0.3, 0.4) is 0 Å². The summed E-state index contributed by atoms with van der Waals surface area (Å²) in [5.41, 5.74) is -0.973. The highest BCUT2D eigenvalue weighted by atomic mass is 79.9. The summed E-state index contributed by atoms with van der Waals surface area (Å²) in [5.74, 6) is 1.76. The summed E-state index contributed by atoms with van der Waals surface area (Å²) in [6.07, 6.45) is 1.90. The van der Waals surface area contributed by atoms with Gasteiger partial charge < -0.3 is 10.1 Å². The lowest BCUT2D eigenvalue weighted by molar-refractivity contribution is -0.137. The van der Waals surface area contributed by atoms with Crippen LogP contribution in [0.4, 0.5) is 18.9 Å². The molecule has 0 radical (unpaired) electrons. The molecule has 1 N–H and O–H groups in total. The topological polar surface area (TPSA) is 62.1 Å². The van der Waals surface area contributed by atoms with E-state index in [2.05, 4.69) is 43.1 Å². The summed E-state index contributed by atoms with van der Waals surface area (Å²) < 4.78 is 45.1. The summed E-state index contributed by atoms with van der Waals surface area (Å²) in [7, 11) is 0. The second-order valence-electron chi connectivity index (χ2n) is 5.50. The Morgan fingerprint density at radius 3 is 2.62 bits per heavy atom. The smallest absolute Gasteiger partial charge is 0.416 e. The Morgan fingerprint density at radius 1 is 1.28 bits per heavy atom. The molecule has 2 aromatic carbocycles. The number of alkyl halides is 3. The van der Waals surface area contributed by atoms with Gasteiger partial charge in [0.1, 0.15) is 24.0 Å². The summed E-state index contributed by atoms with van der Waals surface area (Å²) in [5, 5.41) is 11.7. The van der Waals surface area contributed by atoms with Crippen molar-refractivity contribution in [1.29, 1.82) is 5.26 Å². The number of anilines is 1. The Morgan fingerprint density at radius 2 is 2.00 bits per heavy atom. The van der Waals surface area contributed by atoms with Crippen molar-refractivity contribution in [1.82, 2.24) is 0 Å². The Labute approximate surface area is 181 Å². The maximum Gasteiger partial charge on any atom is 0.416 e. The predicted octanol–water partition coefficient (Wildman–Crippen LogP) is 5.79. The number of nitrogens with one attached hydrogen (secondary N) is 1. The third kappa shape index (κ3) is 6.11. The maximum absolute atomic E-state index is 12.8. The number of carbonyl (C=O) groups is 1. The molecule has 0 aliphatic rings. The molecular weight excluding hydrogens is 517 g/mol. The van der Waals surface area contributed by atoms with Crippen molar-refractivity contribution in [3.05, 3.63) is 62.0 Å². The van der Waals surface area contributed by atoms with E-state index in [0.717, 1.165) is 18.2 Å². The van der Waals surface area contributed by atoms with Gasteiger partial charge in [0.25, 0.3) is 5.91 Å². The van der Waals surface area contributed by atoms with Crippen LogP contribution < -0.4 is 10.1 Å². The standard InChI is InChI=1S/C20H11Br2F3N2O2/c1-2-6-29-18-12(8-15(21)10-17(18)22)7-13(11-26)19(28)27-16-5-3-4-14(9-16)20(23,24)25/h1,3-5,7-10H,6H2,(H,27,28)/b13-7+. The number of terminal acetylenes is 1. The van der Waals surface area contributed by atoms with Gasteiger partial charge in [-0.2, -0.15) is 18.4 Å². The molecular formula is C20H11Br2F3N2O2. The van der Waals surface area contributed by atoms with Gasteiger partial charge in [-0.3, -0.25) is 4.79 Å². The average Bonchev–Trinajstić information content (AvgIpc) is 2.64. The van der Waals surface area contributed by atoms with Crippen LogP contribution in [-0.4, -0.2) is 12.5 Å². The zero-order valence-corrected chi connectivity index (χ0v) is 17.7. The Bertz CT molecular complexity index is 1050. The van der Waals surface area contributed by atoms with Crippen molar-refractivity contribution in [3.63, 3.8) is 0 Å². The van der Waals surface area contributed by atoms with E-state index < -0.39 is 17.6 Å². The first kappa shape index (κ1) is 22.5. The van der Waals surface area contributed by atoms with Gasteiger partial charge in [0.15, 0.2) is 0 Å². The van der Waals surface area contributed by atoms with Crippen LogP contribution >= 0.6 is 31.9 Å². The van der Waals surface area contributed by atoms with Gasteiger partial charge >= 0.3 is 6.18 Å². The lowest BCUT2D eigenvalue weighted by atomic mass is 10.1. The number of hydrogen-bond acceptors (Lipinski definition) is 3. The number of nitriles is 1. The van der Waals surface area contributed by atoms with Crippen molar-refractivity contribution < 1.29 is 22.7 Å². The fourth-order valence-electron chi connectivity index (χ4n) is 2.23. The molecule has 148 valence electrons. The number of carbonyl (C=O) groups excluding carboxylic acids is 1. The van der Waals surface area contributed by atoms with Gasteiger partial charge in [0.05, 0.1) is 10.0 Å². The van der Waals surface area contributed by atoms with Crippen molar-refractivity contribution >= 4 is 49.5 Å². The molecule has 9 heteroatoms. The molecule has 4 nitrogen and oxygen atoms in total. The zero-order valence-electron chi connectivity index (χ0n) is 14.5. The molecule has 2 rings (SSSR count). The Hall–Kier alpha value is -2.75. The summed E-state index contributed by atoms with van der Waals surface area (Å²) in [4.78, 5) is 12.4. The van der Waals surface area contributed by atoms with Crippen LogP contribution in [-0.2, 0) is 11.0 Å². The number of benzene rings is 2. The molecule has 0 aliphatic carbocycles. The highest BCUT2D eigenvalue weighted by Gasteiger charge is 2.30. The van der Waals surface area contributed by atoms with Crippen molar-refractivity contribution in [2.45, 2.75) is 6.18 Å². The quantitative estimate of drug-likeness (QED) is 0.304. The van der Waals surface area contributed by atoms with E-state index in [0.29, 0.717) is 20.3 Å². The zero-order chi connectivity index (χ0) is 21.6. The van der Waals surface area contributed by atoms with Gasteiger partial charge in [-0.05, 0) is 52.3 Å². The highest BCUT2D eigenvalue weighted by molar-refractivity contribution is 9.11. The third-order valence-electron chi connectivity index (χ3n) is 3.45. The first-order chi connectivity index (χ1) is 13.7. The van der Waals surface area contributed by atoms with Crippen molar-refractivity contribution in [2.75, 3.05) is 11.9 Å². The van der Waals surface area contributed by atoms with Gasteiger partial charge in [-0.25, -0.2) is 0 Å². The number of hydrogen-bond donors (Lipinski definition) is 1. The van der Waals surface area contributed by atoms with E-state index in [1.807, 2.05) is 0 Å². The lowest BCUT2D eigenvalue weighted by Gasteiger charge is -2.11. The SMILES string of the molecule is C#CCOc1c(Br)cc(Br)cc1/C=C(\C#N)C(=O)Nc1cccc(C(F)(F)F)c1. The van der Waals surface area contributed by atoms with E-state index in [1.54, 1.807) is 18.2 Å². The largest absolute Gasteiger partial charge is 0.479 e. The minimum absolute atomic E-state index is 0.0423. The molecule has 0 heterocycles. The van der Waals surface area contributed by atoms with Crippen molar-refractivity contribution in [3.8, 4) is 24.2 Å². The van der Waals surface area contributed by atoms with Gasteiger partial charge in [-0.1, -0.05) is 27.9 Å². The van der Waals surface area contributed by atoms with Crippen molar-refractivity contribution in [2.24, 2.45) is 0 Å². The number of amides is 1. The second-order valence-corrected chi connectivity index (χ2v) is 7.27. The number of nitrogens with zero attached hydrogens (tertiary/aromatic N) is 1. The van der Waals surface area contributed by atoms with Gasteiger partial charge in [-0.15, -0.1) is 6.42 Å². The molecule has 0 atom stereocenters. The van der Waals surface area contributed by atoms with Crippen LogP contribution in [0.25, 0.3) is 6.08 Å². The molecule has 1 amide bonds. The van der Waals surface area contributed by atoms with Crippen LogP contribution in [0, 0.1) is 23.7 Å². The number of ether oxygens (including phenoxy) is 1. The van der Waals surface area contributed by atoms with E-state index >= 15 is 0 Å². The first-order valence-electron chi connectivity index (χ1n) is 7.81. The van der Waals surface area contributed by atoms with Crippen LogP contribution in [0.2, 0.25) is 0 Å². The maximum atomic E-state index is 12.8. The molecule has 0 fully saturated rings. The summed E-state index contributed by atoms with van der Waals surface area (Å²) in [6.45, 7) is -0.0423. The van der Waals surface area contributed by atoms with Gasteiger partial charge in [0, 0.05) is 15.7 Å². The molecule has 0 bridgehead atoms. The molecule has 0 unspecified atom stereocenters. The minimum Gasteiger partial charge on any atom is -0.479 e. The van der Waals surface area contributed by atoms with E-state index in [-0.39, 0.29) is 17.9 Å². The Balaban J connectivity index is 2.37. The fraction of sp³-hybridized carbons (Fsp3) is 0.100. The number of rotatable bonds is 5. The predicted molar refractivity (Wildman–Crippen MR) is 110 cm³/mol. The second kappa shape index (κ2) is 9.64. The van der Waals surface area contributed by atoms with Crippen LogP contribution in [0.15, 0.2) is 50.9 Å². The van der Waals surface area contributed by atoms with E-state index in [1.165, 1.54) is 12.1 Å². The highest BCUT2D eigenvalue weighted by Crippen LogP contribution is 2.35. The molecule has 0 saturated carbocycles. The molecule has 29 heavy (non-hydrogen) atoms. The Kier molecular flexibility index (Phi) is 7.49. The normalized spacial score (nSPS) is 11.3. The third-order valence-corrected chi connectivity index (χ3v) is 4.50. The molecule has 0 aromatic heterocycles. The summed E-state index contributed by atoms with van der Waals surface area (Å²) >= 11 is 6.61. The van der Waals surface area contributed by atoms with Crippen LogP contribution in [0.5, 0.6) is 5.75 Å². The molecule has 0 aliphatic heterocycles. The monoisotopic (exact) mass is 526 g/mol. The average molecular weight is 528 g/mol. The van der Waals surface area contributed by atoms with Crippen LogP contribution in [0.1, 0.15) is 11.1 Å². The molecule has 0 saturated heterocycles. The van der Waals surface area contributed by atoms with E-state index in [9.17, 15) is 23.2 Å². The van der Waals surface area contributed by atoms with E-state index in [4.69, 9.17) is 11.2 Å². The lowest BCUT2D eigenvalue weighted by Crippen LogP contribution is -2.14. The van der Waals surface area contributed by atoms with Gasteiger partial charge in [0.2, 0.25) is 0 Å². The first-order valence-corrected chi connectivity index (χ1v) is 9.40. The summed E-state index contributed by atoms with van der Waals surface area (Å²) in [6, 6.07) is 9.14. The fourth-order valence-corrected chi connectivity index (χ4v) is 3.60. The number of halogens is 5.